The summed E-state index contributed by atoms with van der Waals surface area (Å²) in [4.78, 5) is 25.0. The smallest absolute Gasteiger partial charge is 0.228 e. The highest BCUT2D eigenvalue weighted by atomic mass is 16.2. The first-order valence-corrected chi connectivity index (χ1v) is 6.58. The van der Waals surface area contributed by atoms with E-state index in [2.05, 4.69) is 20.1 Å². The van der Waals surface area contributed by atoms with E-state index >= 15 is 0 Å². The van der Waals surface area contributed by atoms with Crippen LogP contribution in [0.15, 0.2) is 0 Å². The van der Waals surface area contributed by atoms with Gasteiger partial charge in [0.05, 0.1) is 12.5 Å². The van der Waals surface area contributed by atoms with Crippen LogP contribution in [0.5, 0.6) is 0 Å². The second-order valence-electron chi connectivity index (χ2n) is 5.19. The lowest BCUT2D eigenvalue weighted by Crippen LogP contribution is -2.34. The molecule has 3 rings (SSSR count). The lowest BCUT2D eigenvalue weighted by molar-refractivity contribution is -0.135. The van der Waals surface area contributed by atoms with Gasteiger partial charge in [0.1, 0.15) is 5.82 Å². The van der Waals surface area contributed by atoms with Crippen molar-refractivity contribution in [2.24, 2.45) is 5.92 Å². The van der Waals surface area contributed by atoms with Gasteiger partial charge in [-0.15, -0.1) is 10.2 Å². The van der Waals surface area contributed by atoms with Gasteiger partial charge in [0, 0.05) is 33.0 Å². The number of carbonyl (C=O) groups excluding carboxylic acids is 2. The zero-order chi connectivity index (χ0) is 13.4. The second-order valence-corrected chi connectivity index (χ2v) is 5.19. The van der Waals surface area contributed by atoms with Crippen LogP contribution in [0.25, 0.3) is 0 Å². The lowest BCUT2D eigenvalue weighted by atomic mass is 10.1. The number of nitrogens with one attached hydrogen (secondary N) is 1. The fourth-order valence-corrected chi connectivity index (χ4v) is 2.71. The summed E-state index contributed by atoms with van der Waals surface area (Å²) in [5.74, 6) is 1.55. The molecule has 0 saturated carbocycles. The van der Waals surface area contributed by atoms with Gasteiger partial charge in [-0.05, 0) is 6.42 Å². The highest BCUT2D eigenvalue weighted by Gasteiger charge is 2.30. The number of fused-ring (bicyclic) bond motifs is 1. The first kappa shape index (κ1) is 12.1. The van der Waals surface area contributed by atoms with Crippen molar-refractivity contribution >= 4 is 11.8 Å². The minimum Gasteiger partial charge on any atom is -0.355 e. The predicted octanol–water partition coefficient (Wildman–Crippen LogP) is -0.681. The second kappa shape index (κ2) is 4.64. The standard InChI is InChI=1S/C12H17N5O2/c1-16(12(19)8-5-11(18)13-6-8)7-10-15-14-9-3-2-4-17(9)10/h8H,2-7H2,1H3,(H,13,18). The molecule has 2 amide bonds. The number of hydrogen-bond donors (Lipinski definition) is 1. The molecule has 2 aliphatic heterocycles. The third kappa shape index (κ3) is 2.20. The van der Waals surface area contributed by atoms with Crippen molar-refractivity contribution in [1.82, 2.24) is 25.0 Å². The predicted molar refractivity (Wildman–Crippen MR) is 65.9 cm³/mol. The van der Waals surface area contributed by atoms with Crippen molar-refractivity contribution in [3.63, 3.8) is 0 Å². The number of aromatic nitrogens is 3. The number of carbonyl (C=O) groups is 2. The van der Waals surface area contributed by atoms with Crippen molar-refractivity contribution in [2.45, 2.75) is 32.4 Å². The summed E-state index contributed by atoms with van der Waals surface area (Å²) in [6.45, 7) is 1.83. The van der Waals surface area contributed by atoms with E-state index in [1.54, 1.807) is 11.9 Å². The Kier molecular flexibility index (Phi) is 2.96. The van der Waals surface area contributed by atoms with Gasteiger partial charge < -0.3 is 14.8 Å². The first-order valence-electron chi connectivity index (χ1n) is 6.58. The number of amides is 2. The third-order valence-corrected chi connectivity index (χ3v) is 3.77. The minimum absolute atomic E-state index is 0.00584. The van der Waals surface area contributed by atoms with Gasteiger partial charge in [-0.3, -0.25) is 9.59 Å². The summed E-state index contributed by atoms with van der Waals surface area (Å²) in [5, 5.41) is 11.0. The first-order chi connectivity index (χ1) is 9.15. The van der Waals surface area contributed by atoms with Gasteiger partial charge in [-0.25, -0.2) is 0 Å². The Bertz CT molecular complexity index is 524. The fourth-order valence-electron chi connectivity index (χ4n) is 2.71. The number of nitrogens with zero attached hydrogens (tertiary/aromatic N) is 4. The number of hydrogen-bond acceptors (Lipinski definition) is 4. The Labute approximate surface area is 111 Å². The Morgan fingerprint density at radius 1 is 1.53 bits per heavy atom. The summed E-state index contributed by atoms with van der Waals surface area (Å²) < 4.78 is 2.09. The molecule has 1 fully saturated rings. The minimum atomic E-state index is -0.238. The topological polar surface area (TPSA) is 80.1 Å². The number of aryl methyl sites for hydroxylation is 1. The molecule has 7 nitrogen and oxygen atoms in total. The molecule has 0 aliphatic carbocycles. The summed E-state index contributed by atoms with van der Waals surface area (Å²) in [7, 11) is 1.75. The summed E-state index contributed by atoms with van der Waals surface area (Å²) in [5.41, 5.74) is 0. The van der Waals surface area contributed by atoms with Crippen molar-refractivity contribution in [1.29, 1.82) is 0 Å². The highest BCUT2D eigenvalue weighted by Crippen LogP contribution is 2.17. The summed E-state index contributed by atoms with van der Waals surface area (Å²) >= 11 is 0. The van der Waals surface area contributed by atoms with Crippen LogP contribution >= 0.6 is 0 Å². The fraction of sp³-hybridized carbons (Fsp3) is 0.667. The maximum Gasteiger partial charge on any atom is 0.228 e. The van der Waals surface area contributed by atoms with Crippen molar-refractivity contribution < 1.29 is 9.59 Å². The van der Waals surface area contributed by atoms with E-state index in [4.69, 9.17) is 0 Å². The molecule has 1 saturated heterocycles. The van der Waals surface area contributed by atoms with E-state index in [0.717, 1.165) is 31.0 Å². The average molecular weight is 263 g/mol. The SMILES string of the molecule is CN(Cc1nnc2n1CCC2)C(=O)C1CNC(=O)C1. The molecule has 1 aromatic heterocycles. The number of rotatable bonds is 3. The van der Waals surface area contributed by atoms with Crippen LogP contribution in [-0.4, -0.2) is 45.1 Å². The third-order valence-electron chi connectivity index (χ3n) is 3.77. The van der Waals surface area contributed by atoms with Gasteiger partial charge in [-0.2, -0.15) is 0 Å². The maximum atomic E-state index is 12.2. The Balaban J connectivity index is 1.66. The molecular weight excluding hydrogens is 246 g/mol. The maximum absolute atomic E-state index is 12.2. The van der Waals surface area contributed by atoms with Crippen LogP contribution in [0.3, 0.4) is 0 Å². The molecule has 1 unspecified atom stereocenters. The average Bonchev–Trinajstić information content (AvgIpc) is 3.06. The van der Waals surface area contributed by atoms with Crippen LogP contribution in [0.1, 0.15) is 24.5 Å². The zero-order valence-corrected chi connectivity index (χ0v) is 10.9. The van der Waals surface area contributed by atoms with E-state index < -0.39 is 0 Å². The van der Waals surface area contributed by atoms with Gasteiger partial charge in [0.25, 0.3) is 0 Å². The molecule has 0 bridgehead atoms. The molecule has 0 radical (unpaired) electrons. The molecule has 3 heterocycles. The summed E-state index contributed by atoms with van der Waals surface area (Å²) in [6.07, 6.45) is 2.35. The molecule has 1 atom stereocenters. The van der Waals surface area contributed by atoms with Crippen molar-refractivity contribution in [2.75, 3.05) is 13.6 Å². The van der Waals surface area contributed by atoms with E-state index in [-0.39, 0.29) is 17.7 Å². The van der Waals surface area contributed by atoms with Crippen molar-refractivity contribution in [3.8, 4) is 0 Å². The van der Waals surface area contributed by atoms with Crippen LogP contribution in [-0.2, 0) is 29.1 Å². The molecule has 0 spiro atoms. The van der Waals surface area contributed by atoms with Crippen LogP contribution < -0.4 is 5.32 Å². The van der Waals surface area contributed by atoms with Crippen LogP contribution in [0.4, 0.5) is 0 Å². The normalized spacial score (nSPS) is 21.3. The molecule has 1 aromatic rings. The molecule has 102 valence electrons. The monoisotopic (exact) mass is 263 g/mol. The van der Waals surface area contributed by atoms with Gasteiger partial charge in [-0.1, -0.05) is 0 Å². The van der Waals surface area contributed by atoms with Gasteiger partial charge in [0.15, 0.2) is 5.82 Å². The van der Waals surface area contributed by atoms with E-state index in [1.807, 2.05) is 0 Å². The quantitative estimate of drug-likeness (QED) is 0.783. The molecule has 19 heavy (non-hydrogen) atoms. The zero-order valence-electron chi connectivity index (χ0n) is 10.9. The van der Waals surface area contributed by atoms with Crippen LogP contribution in [0, 0.1) is 5.92 Å². The Morgan fingerprint density at radius 3 is 3.11 bits per heavy atom. The van der Waals surface area contributed by atoms with Crippen molar-refractivity contribution in [3.05, 3.63) is 11.6 Å². The summed E-state index contributed by atoms with van der Waals surface area (Å²) in [6, 6.07) is 0. The molecule has 2 aliphatic rings. The van der Waals surface area contributed by atoms with E-state index in [1.165, 1.54) is 0 Å². The Hall–Kier alpha value is -1.92. The van der Waals surface area contributed by atoms with Crippen LogP contribution in [0.2, 0.25) is 0 Å². The Morgan fingerprint density at radius 2 is 2.37 bits per heavy atom. The molecule has 1 N–H and O–H groups in total. The molecule has 7 heteroatoms. The van der Waals surface area contributed by atoms with Gasteiger partial charge >= 0.3 is 0 Å². The largest absolute Gasteiger partial charge is 0.355 e. The highest BCUT2D eigenvalue weighted by molar-refractivity contribution is 5.89. The molecule has 0 aromatic carbocycles. The van der Waals surface area contributed by atoms with E-state index in [0.29, 0.717) is 19.5 Å². The molecular formula is C12H17N5O2. The lowest BCUT2D eigenvalue weighted by Gasteiger charge is -2.19. The van der Waals surface area contributed by atoms with E-state index in [9.17, 15) is 9.59 Å². The van der Waals surface area contributed by atoms with Gasteiger partial charge in [0.2, 0.25) is 11.8 Å².